The van der Waals surface area contributed by atoms with Crippen LogP contribution in [0.5, 0.6) is 0 Å². The van der Waals surface area contributed by atoms with Gasteiger partial charge in [0.05, 0.1) is 12.1 Å². The largest absolute Gasteiger partial charge is 0.464 e. The molecule has 0 aliphatic heterocycles. The number of anilines is 1. The molecule has 21 heavy (non-hydrogen) atoms. The van der Waals surface area contributed by atoms with Gasteiger partial charge in [-0.05, 0) is 32.9 Å². The zero-order chi connectivity index (χ0) is 15.6. The summed E-state index contributed by atoms with van der Waals surface area (Å²) in [5, 5.41) is 3.55. The molecule has 1 heterocycles. The van der Waals surface area contributed by atoms with Gasteiger partial charge in [-0.15, -0.1) is 0 Å². The van der Waals surface area contributed by atoms with Crippen molar-refractivity contribution < 1.29 is 13.9 Å². The lowest BCUT2D eigenvalue weighted by Crippen LogP contribution is -2.26. The highest BCUT2D eigenvalue weighted by Crippen LogP contribution is 2.33. The molecule has 0 aliphatic carbocycles. The first kappa shape index (κ1) is 15.4. The number of nitrogens with one attached hydrogen (secondary N) is 1. The summed E-state index contributed by atoms with van der Waals surface area (Å²) in [4.78, 5) is 16.1. The summed E-state index contributed by atoms with van der Waals surface area (Å²) < 4.78 is 10.4. The lowest BCUT2D eigenvalue weighted by molar-refractivity contribution is 0.0595. The van der Waals surface area contributed by atoms with E-state index in [1.54, 1.807) is 18.2 Å². The Balaban J connectivity index is 2.53. The van der Waals surface area contributed by atoms with E-state index >= 15 is 0 Å². The van der Waals surface area contributed by atoms with Gasteiger partial charge in [0.2, 0.25) is 0 Å². The Morgan fingerprint density at radius 1 is 1.33 bits per heavy atom. The molecule has 1 aromatic carbocycles. The Bertz CT molecular complexity index is 659. The second kappa shape index (κ2) is 5.77. The van der Waals surface area contributed by atoms with Crippen LogP contribution in [0.25, 0.3) is 11.3 Å². The SMILES string of the molecule is COC(=O)c1nc(NC(C)(C)C)oc1-c1ccccc1Cl. The highest BCUT2D eigenvalue weighted by atomic mass is 35.5. The predicted octanol–water partition coefficient (Wildman–Crippen LogP) is 3.99. The molecule has 0 bridgehead atoms. The van der Waals surface area contributed by atoms with Crippen LogP contribution in [0.2, 0.25) is 5.02 Å². The van der Waals surface area contributed by atoms with Crippen LogP contribution >= 0.6 is 11.6 Å². The van der Waals surface area contributed by atoms with Crippen LogP contribution in [0, 0.1) is 0 Å². The summed E-state index contributed by atoms with van der Waals surface area (Å²) in [6.07, 6.45) is 0. The molecule has 0 atom stereocenters. The van der Waals surface area contributed by atoms with Crippen molar-refractivity contribution in [3.8, 4) is 11.3 Å². The van der Waals surface area contributed by atoms with E-state index in [0.717, 1.165) is 0 Å². The lowest BCUT2D eigenvalue weighted by Gasteiger charge is -2.18. The smallest absolute Gasteiger partial charge is 0.360 e. The van der Waals surface area contributed by atoms with Gasteiger partial charge in [0.15, 0.2) is 11.5 Å². The van der Waals surface area contributed by atoms with Crippen LogP contribution in [-0.4, -0.2) is 23.6 Å². The summed E-state index contributed by atoms with van der Waals surface area (Å²) >= 11 is 6.16. The Morgan fingerprint density at radius 3 is 2.57 bits per heavy atom. The fraction of sp³-hybridized carbons (Fsp3) is 0.333. The highest BCUT2D eigenvalue weighted by Gasteiger charge is 2.25. The molecule has 0 spiro atoms. The van der Waals surface area contributed by atoms with Gasteiger partial charge in [-0.3, -0.25) is 0 Å². The van der Waals surface area contributed by atoms with Crippen molar-refractivity contribution >= 4 is 23.6 Å². The first-order valence-corrected chi connectivity index (χ1v) is 6.82. The molecule has 1 N–H and O–H groups in total. The number of hydrogen-bond acceptors (Lipinski definition) is 5. The van der Waals surface area contributed by atoms with Crippen LogP contribution < -0.4 is 5.32 Å². The average Bonchev–Trinajstić information content (AvgIpc) is 2.79. The van der Waals surface area contributed by atoms with Crippen LogP contribution in [-0.2, 0) is 4.74 Å². The van der Waals surface area contributed by atoms with Crippen molar-refractivity contribution in [3.05, 3.63) is 35.0 Å². The van der Waals surface area contributed by atoms with Gasteiger partial charge in [0, 0.05) is 11.1 Å². The Morgan fingerprint density at radius 2 is 2.00 bits per heavy atom. The molecule has 0 saturated carbocycles. The maximum atomic E-state index is 11.9. The number of ether oxygens (including phenoxy) is 1. The van der Waals surface area contributed by atoms with Crippen molar-refractivity contribution in [2.45, 2.75) is 26.3 Å². The molecule has 0 unspecified atom stereocenters. The van der Waals surface area contributed by atoms with E-state index in [0.29, 0.717) is 16.3 Å². The molecule has 0 radical (unpaired) electrons. The van der Waals surface area contributed by atoms with E-state index in [1.807, 2.05) is 26.8 Å². The number of carbonyl (C=O) groups excluding carboxylic acids is 1. The third-order valence-electron chi connectivity index (χ3n) is 2.61. The molecular weight excluding hydrogens is 292 g/mol. The zero-order valence-corrected chi connectivity index (χ0v) is 13.1. The van der Waals surface area contributed by atoms with Crippen molar-refractivity contribution in [2.75, 3.05) is 12.4 Å². The average molecular weight is 309 g/mol. The monoisotopic (exact) mass is 308 g/mol. The maximum Gasteiger partial charge on any atom is 0.360 e. The molecule has 1 aromatic heterocycles. The topological polar surface area (TPSA) is 64.4 Å². The van der Waals surface area contributed by atoms with E-state index < -0.39 is 5.97 Å². The van der Waals surface area contributed by atoms with E-state index in [9.17, 15) is 4.79 Å². The number of methoxy groups -OCH3 is 1. The Labute approximate surface area is 128 Å². The van der Waals surface area contributed by atoms with Crippen LogP contribution in [0.3, 0.4) is 0 Å². The molecule has 2 rings (SSSR count). The second-order valence-electron chi connectivity index (χ2n) is 5.54. The maximum absolute atomic E-state index is 11.9. The number of esters is 1. The van der Waals surface area contributed by atoms with Crippen LogP contribution in [0.4, 0.5) is 6.01 Å². The lowest BCUT2D eigenvalue weighted by atomic mass is 10.1. The minimum absolute atomic E-state index is 0.0948. The number of halogens is 1. The fourth-order valence-corrected chi connectivity index (χ4v) is 1.98. The van der Waals surface area contributed by atoms with Gasteiger partial charge < -0.3 is 14.5 Å². The summed E-state index contributed by atoms with van der Waals surface area (Å²) in [6, 6.07) is 7.33. The first-order valence-electron chi connectivity index (χ1n) is 6.44. The fourth-order valence-electron chi connectivity index (χ4n) is 1.76. The van der Waals surface area contributed by atoms with E-state index in [1.165, 1.54) is 7.11 Å². The van der Waals surface area contributed by atoms with Gasteiger partial charge in [-0.1, -0.05) is 23.7 Å². The Hall–Kier alpha value is -2.01. The Kier molecular flexibility index (Phi) is 4.23. The van der Waals surface area contributed by atoms with Crippen molar-refractivity contribution in [2.24, 2.45) is 0 Å². The number of carbonyl (C=O) groups is 1. The minimum Gasteiger partial charge on any atom is -0.464 e. The number of benzene rings is 1. The molecular formula is C15H17ClN2O3. The first-order chi connectivity index (χ1) is 9.81. The predicted molar refractivity (Wildman–Crippen MR) is 81.7 cm³/mol. The normalized spacial score (nSPS) is 11.3. The van der Waals surface area contributed by atoms with Crippen molar-refractivity contribution in [1.29, 1.82) is 0 Å². The zero-order valence-electron chi connectivity index (χ0n) is 12.4. The highest BCUT2D eigenvalue weighted by molar-refractivity contribution is 6.33. The van der Waals surface area contributed by atoms with Crippen LogP contribution in [0.15, 0.2) is 28.7 Å². The summed E-state index contributed by atoms with van der Waals surface area (Å²) in [6.45, 7) is 5.89. The standard InChI is InChI=1S/C15H17ClN2O3/c1-15(2,3)18-14-17-11(13(19)20-4)12(21-14)9-7-5-6-8-10(9)16/h5-8H,1-4H3,(H,17,18). The van der Waals surface area contributed by atoms with Gasteiger partial charge in [-0.2, -0.15) is 4.98 Å². The van der Waals surface area contributed by atoms with Gasteiger partial charge in [0.25, 0.3) is 6.01 Å². The van der Waals surface area contributed by atoms with Gasteiger partial charge >= 0.3 is 5.97 Å². The molecule has 2 aromatic rings. The molecule has 0 amide bonds. The van der Waals surface area contributed by atoms with E-state index in [4.69, 9.17) is 20.8 Å². The van der Waals surface area contributed by atoms with Gasteiger partial charge in [-0.25, -0.2) is 4.79 Å². The number of aromatic nitrogens is 1. The van der Waals surface area contributed by atoms with Crippen molar-refractivity contribution in [1.82, 2.24) is 4.98 Å². The molecule has 0 saturated heterocycles. The van der Waals surface area contributed by atoms with Crippen molar-refractivity contribution in [3.63, 3.8) is 0 Å². The second-order valence-corrected chi connectivity index (χ2v) is 5.95. The summed E-state index contributed by atoms with van der Waals surface area (Å²) in [5.41, 5.74) is 0.432. The molecule has 6 heteroatoms. The molecule has 0 fully saturated rings. The molecule has 5 nitrogen and oxygen atoms in total. The van der Waals surface area contributed by atoms with E-state index in [2.05, 4.69) is 10.3 Å². The molecule has 0 aliphatic rings. The quantitative estimate of drug-likeness (QED) is 0.868. The summed E-state index contributed by atoms with van der Waals surface area (Å²) in [5.74, 6) is -0.283. The molecule has 112 valence electrons. The third kappa shape index (κ3) is 3.55. The number of oxazole rings is 1. The van der Waals surface area contributed by atoms with Crippen LogP contribution in [0.1, 0.15) is 31.3 Å². The number of nitrogens with zero attached hydrogens (tertiary/aromatic N) is 1. The number of hydrogen-bond donors (Lipinski definition) is 1. The summed E-state index contributed by atoms with van der Waals surface area (Å²) in [7, 11) is 1.30. The number of rotatable bonds is 3. The van der Waals surface area contributed by atoms with Gasteiger partial charge in [0.1, 0.15) is 0 Å². The minimum atomic E-state index is -0.573. The third-order valence-corrected chi connectivity index (χ3v) is 2.94. The van der Waals surface area contributed by atoms with E-state index in [-0.39, 0.29) is 17.2 Å².